The summed E-state index contributed by atoms with van der Waals surface area (Å²) < 4.78 is 61.9. The Morgan fingerprint density at radius 3 is 1.29 bits per heavy atom. The van der Waals surface area contributed by atoms with Crippen molar-refractivity contribution in [1.82, 2.24) is 9.13 Å². The van der Waals surface area contributed by atoms with Crippen molar-refractivity contribution in [2.75, 3.05) is 4.90 Å². The van der Waals surface area contributed by atoms with Gasteiger partial charge in [0.2, 0.25) is 0 Å². The predicted octanol–water partition coefficient (Wildman–Crippen LogP) is 12.0. The van der Waals surface area contributed by atoms with Crippen molar-refractivity contribution in [2.45, 2.75) is 13.1 Å². The number of halogens is 4. The van der Waals surface area contributed by atoms with Crippen LogP contribution < -0.4 is 4.90 Å². The quantitative estimate of drug-likeness (QED) is 0.153. The van der Waals surface area contributed by atoms with Gasteiger partial charge in [-0.1, -0.05) is 60.7 Å². The summed E-state index contributed by atoms with van der Waals surface area (Å²) in [5, 5.41) is 3.98. The van der Waals surface area contributed by atoms with E-state index in [2.05, 4.69) is 33.4 Å². The van der Waals surface area contributed by atoms with Crippen LogP contribution in [0.2, 0.25) is 0 Å². The molecule has 2 heterocycles. The first-order chi connectivity index (χ1) is 24.9. The van der Waals surface area contributed by atoms with E-state index < -0.39 is 11.6 Å². The molecule has 248 valence electrons. The van der Waals surface area contributed by atoms with Crippen LogP contribution in [0.5, 0.6) is 0 Å². The van der Waals surface area contributed by atoms with Crippen LogP contribution in [0.15, 0.2) is 152 Å². The molecule has 0 spiro atoms. The molecule has 0 aliphatic carbocycles. The molecule has 9 rings (SSSR count). The van der Waals surface area contributed by atoms with Gasteiger partial charge in [-0.3, -0.25) is 0 Å². The molecule has 0 fully saturated rings. The Kier molecular flexibility index (Phi) is 7.35. The fraction of sp³-hybridized carbons (Fsp3) is 0.0455. The number of fused-ring (bicyclic) bond motifs is 6. The zero-order valence-electron chi connectivity index (χ0n) is 27.2. The van der Waals surface area contributed by atoms with Crippen LogP contribution in [0.4, 0.5) is 34.6 Å². The number of hydrogen-bond acceptors (Lipinski definition) is 1. The Morgan fingerprint density at radius 2 is 0.824 bits per heavy atom. The van der Waals surface area contributed by atoms with E-state index in [0.717, 1.165) is 60.8 Å². The van der Waals surface area contributed by atoms with Gasteiger partial charge >= 0.3 is 0 Å². The third-order valence-corrected chi connectivity index (χ3v) is 9.69. The lowest BCUT2D eigenvalue weighted by atomic mass is 10.1. The Hall–Kier alpha value is -6.34. The molecule has 0 unspecified atom stereocenters. The lowest BCUT2D eigenvalue weighted by molar-refractivity contribution is 0.584. The zero-order chi connectivity index (χ0) is 34.6. The number of aromatic nitrogens is 2. The monoisotopic (exact) mass is 675 g/mol. The van der Waals surface area contributed by atoms with Crippen LogP contribution in [-0.4, -0.2) is 9.13 Å². The Bertz CT molecular complexity index is 2580. The van der Waals surface area contributed by atoms with Crippen molar-refractivity contribution in [1.29, 1.82) is 0 Å². The van der Waals surface area contributed by atoms with E-state index in [1.54, 1.807) is 24.3 Å². The van der Waals surface area contributed by atoms with Gasteiger partial charge in [0, 0.05) is 74.1 Å². The second kappa shape index (κ2) is 12.2. The Morgan fingerprint density at radius 1 is 0.392 bits per heavy atom. The lowest BCUT2D eigenvalue weighted by Crippen LogP contribution is -2.12. The highest BCUT2D eigenvalue weighted by Crippen LogP contribution is 2.42. The Labute approximate surface area is 290 Å². The Balaban J connectivity index is 1.23. The molecule has 0 N–H and O–H groups in total. The van der Waals surface area contributed by atoms with Crippen LogP contribution in [0.1, 0.15) is 11.1 Å². The maximum absolute atomic E-state index is 15.8. The van der Waals surface area contributed by atoms with E-state index in [1.165, 1.54) is 36.4 Å². The SMILES string of the molecule is Fc1ccc(Cn2c3ccccc3c3cc(N(c4ccc5c(c4)c4ccccc4n5Cc4ccc(F)cc4)c4ccc(F)cc4F)ccc32)cc1. The van der Waals surface area contributed by atoms with Crippen molar-refractivity contribution in [2.24, 2.45) is 0 Å². The summed E-state index contributed by atoms with van der Waals surface area (Å²) in [7, 11) is 0. The van der Waals surface area contributed by atoms with Gasteiger partial charge in [-0.15, -0.1) is 0 Å². The minimum atomic E-state index is -0.687. The predicted molar refractivity (Wildman–Crippen MR) is 198 cm³/mol. The van der Waals surface area contributed by atoms with E-state index >= 15 is 4.39 Å². The van der Waals surface area contributed by atoms with Crippen LogP contribution in [-0.2, 0) is 13.1 Å². The first kappa shape index (κ1) is 30.7. The van der Waals surface area contributed by atoms with Gasteiger partial charge in [0.1, 0.15) is 23.3 Å². The molecule has 9 aromatic rings. The van der Waals surface area contributed by atoms with E-state index in [0.29, 0.717) is 24.5 Å². The van der Waals surface area contributed by atoms with E-state index in [4.69, 9.17) is 0 Å². The molecule has 51 heavy (non-hydrogen) atoms. The first-order valence-electron chi connectivity index (χ1n) is 16.7. The summed E-state index contributed by atoms with van der Waals surface area (Å²) in [4.78, 5) is 1.83. The normalized spacial score (nSPS) is 11.7. The molecule has 2 aromatic heterocycles. The molecule has 0 aliphatic rings. The zero-order valence-corrected chi connectivity index (χ0v) is 27.2. The van der Waals surface area contributed by atoms with Crippen molar-refractivity contribution in [3.05, 3.63) is 186 Å². The number of rotatable bonds is 7. The van der Waals surface area contributed by atoms with Gasteiger partial charge in [0.25, 0.3) is 0 Å². The number of hydrogen-bond donors (Lipinski definition) is 0. The fourth-order valence-electron chi connectivity index (χ4n) is 7.34. The highest BCUT2D eigenvalue weighted by molar-refractivity contribution is 6.11. The molecule has 0 atom stereocenters. The van der Waals surface area contributed by atoms with Crippen molar-refractivity contribution in [3.63, 3.8) is 0 Å². The molecule has 0 radical (unpaired) electrons. The topological polar surface area (TPSA) is 13.1 Å². The van der Waals surface area contributed by atoms with E-state index in [9.17, 15) is 13.2 Å². The van der Waals surface area contributed by atoms with Crippen LogP contribution >= 0.6 is 0 Å². The summed E-state index contributed by atoms with van der Waals surface area (Å²) in [6.07, 6.45) is 0. The summed E-state index contributed by atoms with van der Waals surface area (Å²) in [6, 6.07) is 44.9. The second-order valence-electron chi connectivity index (χ2n) is 12.8. The van der Waals surface area contributed by atoms with E-state index in [-0.39, 0.29) is 17.3 Å². The van der Waals surface area contributed by atoms with Gasteiger partial charge in [-0.05, 0) is 96.1 Å². The maximum atomic E-state index is 15.8. The van der Waals surface area contributed by atoms with Crippen LogP contribution in [0.25, 0.3) is 43.6 Å². The molecule has 0 bridgehead atoms. The highest BCUT2D eigenvalue weighted by atomic mass is 19.1. The molecule has 0 aliphatic heterocycles. The summed E-state index contributed by atoms with van der Waals surface area (Å²) in [5.41, 5.74) is 7.52. The van der Waals surface area contributed by atoms with Gasteiger partial charge in [-0.25, -0.2) is 17.6 Å². The van der Waals surface area contributed by atoms with E-state index in [1.807, 2.05) is 65.6 Å². The van der Waals surface area contributed by atoms with Crippen molar-refractivity contribution in [3.8, 4) is 0 Å². The second-order valence-corrected chi connectivity index (χ2v) is 12.8. The first-order valence-corrected chi connectivity index (χ1v) is 16.7. The van der Waals surface area contributed by atoms with Crippen LogP contribution in [0.3, 0.4) is 0 Å². The molecule has 3 nitrogen and oxygen atoms in total. The largest absolute Gasteiger partial charge is 0.336 e. The van der Waals surface area contributed by atoms with Gasteiger partial charge in [0.05, 0.1) is 5.69 Å². The van der Waals surface area contributed by atoms with Crippen molar-refractivity contribution >= 4 is 60.7 Å². The molecule has 0 saturated heterocycles. The third-order valence-electron chi connectivity index (χ3n) is 9.69. The van der Waals surface area contributed by atoms with Crippen LogP contribution in [0, 0.1) is 23.3 Å². The molecular formula is C44H29F4N3. The molecule has 0 saturated carbocycles. The molecule has 0 amide bonds. The smallest absolute Gasteiger partial charge is 0.150 e. The highest BCUT2D eigenvalue weighted by Gasteiger charge is 2.21. The van der Waals surface area contributed by atoms with Gasteiger partial charge < -0.3 is 14.0 Å². The minimum absolute atomic E-state index is 0.209. The van der Waals surface area contributed by atoms with Gasteiger partial charge in [-0.2, -0.15) is 0 Å². The summed E-state index contributed by atoms with van der Waals surface area (Å²) in [6.45, 7) is 1.08. The summed E-state index contributed by atoms with van der Waals surface area (Å²) in [5.74, 6) is -1.91. The molecule has 7 aromatic carbocycles. The summed E-state index contributed by atoms with van der Waals surface area (Å²) >= 11 is 0. The third kappa shape index (κ3) is 5.38. The average molecular weight is 676 g/mol. The maximum Gasteiger partial charge on any atom is 0.150 e. The number of benzene rings is 7. The standard InChI is InChI=1S/C44H29F4N3/c45-30-13-9-28(10-14-30)26-49-40-7-3-1-5-35(40)37-24-33(18-21-42(37)49)51(44-20-17-32(47)23-39(44)48)34-19-22-43-38(25-34)36-6-2-4-8-41(36)50(43)27-29-11-15-31(46)16-12-29/h1-25H,26-27H2. The van der Waals surface area contributed by atoms with Gasteiger partial charge in [0.15, 0.2) is 0 Å². The lowest BCUT2D eigenvalue weighted by Gasteiger charge is -2.26. The minimum Gasteiger partial charge on any atom is -0.336 e. The number of nitrogens with zero attached hydrogens (tertiary/aromatic N) is 3. The van der Waals surface area contributed by atoms with Crippen molar-refractivity contribution < 1.29 is 17.6 Å². The number of anilines is 3. The number of para-hydroxylation sites is 2. The molecular weight excluding hydrogens is 646 g/mol. The molecule has 7 heteroatoms. The average Bonchev–Trinajstić information content (AvgIpc) is 3.63. The fourth-order valence-corrected chi connectivity index (χ4v) is 7.34.